The minimum Gasteiger partial charge on any atom is -0.378 e. The Bertz CT molecular complexity index is 167. The lowest BCUT2D eigenvalue weighted by Gasteiger charge is -2.34. The second-order valence-corrected chi connectivity index (χ2v) is 5.05. The van der Waals surface area contributed by atoms with Crippen LogP contribution in [0.5, 0.6) is 0 Å². The summed E-state index contributed by atoms with van der Waals surface area (Å²) in [5, 5.41) is 0. The molecule has 0 bridgehead atoms. The molecule has 2 fully saturated rings. The predicted molar refractivity (Wildman–Crippen MR) is 54.6 cm³/mol. The molecule has 0 aromatic carbocycles. The van der Waals surface area contributed by atoms with Crippen molar-refractivity contribution in [2.75, 3.05) is 6.61 Å². The quantitative estimate of drug-likeness (QED) is 0.559. The Balaban J connectivity index is 2.00. The van der Waals surface area contributed by atoms with Gasteiger partial charge in [0.2, 0.25) is 0 Å². The molecule has 1 aliphatic carbocycles. The molecule has 1 heteroatoms. The highest BCUT2D eigenvalue weighted by molar-refractivity contribution is 4.82. The summed E-state index contributed by atoms with van der Waals surface area (Å²) in [6, 6.07) is 0. The zero-order chi connectivity index (χ0) is 9.26. The standard InChI is InChI=1S/C12H22O/c1-9-4-3-5-11-8-13-10(2)6-7-12(9)11/h9-12H,3-8H2,1-2H3/t9?,10-,11?,12?/m0/s1. The van der Waals surface area contributed by atoms with Crippen LogP contribution in [0.3, 0.4) is 0 Å². The van der Waals surface area contributed by atoms with Crippen molar-refractivity contribution in [3.8, 4) is 0 Å². The molecule has 3 unspecified atom stereocenters. The third-order valence-corrected chi connectivity index (χ3v) is 4.07. The molecular formula is C12H22O. The van der Waals surface area contributed by atoms with Gasteiger partial charge in [-0.2, -0.15) is 0 Å². The molecule has 1 nitrogen and oxygen atoms in total. The monoisotopic (exact) mass is 182 g/mol. The van der Waals surface area contributed by atoms with Crippen molar-refractivity contribution in [2.45, 2.75) is 52.1 Å². The molecule has 2 rings (SSSR count). The first-order valence-corrected chi connectivity index (χ1v) is 5.89. The average molecular weight is 182 g/mol. The van der Waals surface area contributed by atoms with Crippen LogP contribution in [0.25, 0.3) is 0 Å². The number of rotatable bonds is 0. The van der Waals surface area contributed by atoms with Gasteiger partial charge in [0, 0.05) is 0 Å². The van der Waals surface area contributed by atoms with Crippen molar-refractivity contribution in [3.63, 3.8) is 0 Å². The zero-order valence-electron chi connectivity index (χ0n) is 8.96. The fourth-order valence-corrected chi connectivity index (χ4v) is 3.12. The Hall–Kier alpha value is -0.0400. The molecule has 13 heavy (non-hydrogen) atoms. The van der Waals surface area contributed by atoms with Gasteiger partial charge in [-0.25, -0.2) is 0 Å². The van der Waals surface area contributed by atoms with E-state index in [9.17, 15) is 0 Å². The maximum atomic E-state index is 5.82. The molecule has 0 aromatic rings. The average Bonchev–Trinajstić information content (AvgIpc) is 2.30. The fourth-order valence-electron chi connectivity index (χ4n) is 3.12. The first-order valence-electron chi connectivity index (χ1n) is 5.89. The van der Waals surface area contributed by atoms with E-state index >= 15 is 0 Å². The summed E-state index contributed by atoms with van der Waals surface area (Å²) >= 11 is 0. The highest BCUT2D eigenvalue weighted by atomic mass is 16.5. The molecule has 0 radical (unpaired) electrons. The van der Waals surface area contributed by atoms with Crippen LogP contribution in [0, 0.1) is 17.8 Å². The summed E-state index contributed by atoms with van der Waals surface area (Å²) < 4.78 is 5.82. The van der Waals surface area contributed by atoms with E-state index in [2.05, 4.69) is 13.8 Å². The highest BCUT2D eigenvalue weighted by Gasteiger charge is 2.32. The lowest BCUT2D eigenvalue weighted by Crippen LogP contribution is -2.28. The molecular weight excluding hydrogens is 160 g/mol. The third-order valence-electron chi connectivity index (χ3n) is 4.07. The van der Waals surface area contributed by atoms with Crippen LogP contribution in [-0.2, 0) is 4.74 Å². The van der Waals surface area contributed by atoms with Crippen LogP contribution < -0.4 is 0 Å². The summed E-state index contributed by atoms with van der Waals surface area (Å²) in [6.07, 6.45) is 7.51. The van der Waals surface area contributed by atoms with Crippen molar-refractivity contribution < 1.29 is 4.74 Å². The summed E-state index contributed by atoms with van der Waals surface area (Å²) in [7, 11) is 0. The number of fused-ring (bicyclic) bond motifs is 1. The van der Waals surface area contributed by atoms with E-state index in [0.717, 1.165) is 24.4 Å². The maximum Gasteiger partial charge on any atom is 0.0547 e. The molecule has 1 saturated carbocycles. The molecule has 0 spiro atoms. The molecule has 0 amide bonds. The molecule has 1 heterocycles. The number of hydrogen-bond donors (Lipinski definition) is 0. The van der Waals surface area contributed by atoms with Crippen LogP contribution in [0.2, 0.25) is 0 Å². The Morgan fingerprint density at radius 2 is 1.85 bits per heavy atom. The van der Waals surface area contributed by atoms with Gasteiger partial charge in [-0.05, 0) is 43.9 Å². The van der Waals surface area contributed by atoms with E-state index < -0.39 is 0 Å². The molecule has 76 valence electrons. The van der Waals surface area contributed by atoms with Crippen molar-refractivity contribution in [2.24, 2.45) is 17.8 Å². The van der Waals surface area contributed by atoms with E-state index in [1.54, 1.807) is 0 Å². The topological polar surface area (TPSA) is 9.23 Å². The fraction of sp³-hybridized carbons (Fsp3) is 1.00. The largest absolute Gasteiger partial charge is 0.378 e. The molecule has 0 N–H and O–H groups in total. The van der Waals surface area contributed by atoms with E-state index in [1.807, 2.05) is 0 Å². The van der Waals surface area contributed by atoms with E-state index in [1.165, 1.54) is 32.1 Å². The van der Waals surface area contributed by atoms with Crippen molar-refractivity contribution >= 4 is 0 Å². The van der Waals surface area contributed by atoms with E-state index in [-0.39, 0.29) is 0 Å². The third kappa shape index (κ3) is 2.07. The number of hydrogen-bond acceptors (Lipinski definition) is 1. The van der Waals surface area contributed by atoms with Gasteiger partial charge in [0.05, 0.1) is 12.7 Å². The van der Waals surface area contributed by atoms with Crippen molar-refractivity contribution in [3.05, 3.63) is 0 Å². The van der Waals surface area contributed by atoms with Crippen molar-refractivity contribution in [1.29, 1.82) is 0 Å². The first kappa shape index (κ1) is 9.51. The second kappa shape index (κ2) is 4.00. The van der Waals surface area contributed by atoms with Crippen LogP contribution in [-0.4, -0.2) is 12.7 Å². The summed E-state index contributed by atoms with van der Waals surface area (Å²) in [4.78, 5) is 0. The molecule has 1 aliphatic heterocycles. The minimum atomic E-state index is 0.512. The van der Waals surface area contributed by atoms with Gasteiger partial charge >= 0.3 is 0 Å². The minimum absolute atomic E-state index is 0.512. The highest BCUT2D eigenvalue weighted by Crippen LogP contribution is 2.39. The van der Waals surface area contributed by atoms with Gasteiger partial charge in [-0.3, -0.25) is 0 Å². The van der Waals surface area contributed by atoms with Gasteiger partial charge in [0.15, 0.2) is 0 Å². The van der Waals surface area contributed by atoms with E-state index in [0.29, 0.717) is 6.10 Å². The molecule has 1 saturated heterocycles. The Morgan fingerprint density at radius 1 is 1.00 bits per heavy atom. The summed E-state index contributed by atoms with van der Waals surface area (Å²) in [6.45, 7) is 5.70. The Morgan fingerprint density at radius 3 is 2.69 bits per heavy atom. The van der Waals surface area contributed by atoms with Gasteiger partial charge in [-0.15, -0.1) is 0 Å². The van der Waals surface area contributed by atoms with Gasteiger partial charge < -0.3 is 4.74 Å². The second-order valence-electron chi connectivity index (χ2n) is 5.05. The number of ether oxygens (including phenoxy) is 1. The first-order chi connectivity index (χ1) is 6.27. The van der Waals surface area contributed by atoms with Crippen LogP contribution in [0.1, 0.15) is 46.0 Å². The normalized spacial score (nSPS) is 46.6. The summed E-state index contributed by atoms with van der Waals surface area (Å²) in [5.41, 5.74) is 0. The lowest BCUT2D eigenvalue weighted by atomic mass is 9.71. The smallest absolute Gasteiger partial charge is 0.0547 e. The molecule has 0 aromatic heterocycles. The van der Waals surface area contributed by atoms with Crippen LogP contribution in [0.4, 0.5) is 0 Å². The Labute approximate surface area is 81.9 Å². The lowest BCUT2D eigenvalue weighted by molar-refractivity contribution is 0.0321. The van der Waals surface area contributed by atoms with Gasteiger partial charge in [-0.1, -0.05) is 19.8 Å². The van der Waals surface area contributed by atoms with Gasteiger partial charge in [0.1, 0.15) is 0 Å². The summed E-state index contributed by atoms with van der Waals surface area (Å²) in [5.74, 6) is 2.81. The zero-order valence-corrected chi connectivity index (χ0v) is 8.96. The van der Waals surface area contributed by atoms with Crippen LogP contribution >= 0.6 is 0 Å². The van der Waals surface area contributed by atoms with Crippen molar-refractivity contribution in [1.82, 2.24) is 0 Å². The maximum absolute atomic E-state index is 5.82. The predicted octanol–water partition coefficient (Wildman–Crippen LogP) is 3.24. The van der Waals surface area contributed by atoms with Gasteiger partial charge in [0.25, 0.3) is 0 Å². The molecule has 2 aliphatic rings. The SMILES string of the molecule is CC1CCCC2CO[C@@H](C)CCC12. The molecule has 4 atom stereocenters. The Kier molecular flexibility index (Phi) is 2.92. The van der Waals surface area contributed by atoms with Crippen LogP contribution in [0.15, 0.2) is 0 Å². The van der Waals surface area contributed by atoms with E-state index in [4.69, 9.17) is 4.74 Å².